The molecule has 1 unspecified atom stereocenters. The van der Waals surface area contributed by atoms with Crippen LogP contribution in [0.15, 0.2) is 21.1 Å². The Bertz CT molecular complexity index is 1010. The molecule has 5 N–H and O–H groups in total. The Morgan fingerprint density at radius 1 is 1.44 bits per heavy atom. The van der Waals surface area contributed by atoms with Gasteiger partial charge in [0, 0.05) is 16.0 Å². The molecule has 0 bridgehead atoms. The zero-order chi connectivity index (χ0) is 23.4. The Morgan fingerprint density at radius 3 is 2.78 bits per heavy atom. The van der Waals surface area contributed by atoms with Crippen LogP contribution in [0, 0.1) is 0 Å². The van der Waals surface area contributed by atoms with Crippen molar-refractivity contribution < 1.29 is 34.2 Å². The first-order chi connectivity index (χ1) is 15.2. The molecule has 2 atom stereocenters. The second-order valence-corrected chi connectivity index (χ2v) is 9.65. The van der Waals surface area contributed by atoms with Gasteiger partial charge in [-0.15, -0.1) is 34.9 Å². The van der Waals surface area contributed by atoms with Gasteiger partial charge in [0.05, 0.1) is 0 Å². The number of rotatable bonds is 10. The number of thiazole rings is 1. The van der Waals surface area contributed by atoms with Crippen LogP contribution < -0.4 is 11.1 Å². The molecule has 1 fully saturated rings. The molecule has 1 aromatic heterocycles. The number of nitrogen functional groups attached to an aromatic ring is 1. The van der Waals surface area contributed by atoms with Gasteiger partial charge in [-0.2, -0.15) is 0 Å². The monoisotopic (exact) mass is 501 g/mol. The van der Waals surface area contributed by atoms with E-state index in [1.165, 1.54) is 33.8 Å². The molecule has 0 radical (unpaired) electrons. The Hall–Kier alpha value is -2.78. The van der Waals surface area contributed by atoms with Gasteiger partial charge in [-0.05, 0) is 12.2 Å². The summed E-state index contributed by atoms with van der Waals surface area (Å²) in [5.41, 5.74) is 5.24. The predicted molar refractivity (Wildman–Crippen MR) is 119 cm³/mol. The van der Waals surface area contributed by atoms with Gasteiger partial charge in [0.15, 0.2) is 10.8 Å². The van der Waals surface area contributed by atoms with E-state index >= 15 is 0 Å². The summed E-state index contributed by atoms with van der Waals surface area (Å²) in [7, 11) is 0. The van der Waals surface area contributed by atoms with Crippen molar-refractivity contribution in [3.63, 3.8) is 0 Å². The van der Waals surface area contributed by atoms with Gasteiger partial charge in [0.1, 0.15) is 22.8 Å². The molecule has 2 amide bonds. The van der Waals surface area contributed by atoms with Gasteiger partial charge in [-0.3, -0.25) is 14.5 Å². The highest BCUT2D eigenvalue weighted by Gasteiger charge is 2.54. The summed E-state index contributed by atoms with van der Waals surface area (Å²) in [6.45, 7) is 1.19. The van der Waals surface area contributed by atoms with Crippen molar-refractivity contribution in [3.05, 3.63) is 21.7 Å². The standard InChI is InChI=1S/C17H19N5O7S3/c1-2-3-30-8-6-31-15-11(14(26)22(15)12(8)16(27)28)20-13(25)10(21-29-4-9(23)24)7-5-32-17(18)19-7/h5,11,15H,2-4,6H2,1H3,(H2,18,19)(H,20,25)(H,23,24)(H,27,28)/t11?,15-/m0/s1. The maximum Gasteiger partial charge on any atom is 0.353 e. The Labute approximate surface area is 194 Å². The van der Waals surface area contributed by atoms with Crippen LogP contribution >= 0.6 is 34.9 Å². The van der Waals surface area contributed by atoms with Crippen LogP contribution in [0.4, 0.5) is 5.13 Å². The number of carbonyl (C=O) groups is 4. The SMILES string of the molecule is CCCSC1=C(C(=O)O)N2C(=O)C(NC(=O)C(=NOCC(=O)O)c3csc(N)n3)[C@@H]2SC1. The number of anilines is 1. The van der Waals surface area contributed by atoms with Gasteiger partial charge >= 0.3 is 11.9 Å². The van der Waals surface area contributed by atoms with Crippen molar-refractivity contribution in [2.24, 2.45) is 5.16 Å². The van der Waals surface area contributed by atoms with E-state index in [1.54, 1.807) is 0 Å². The van der Waals surface area contributed by atoms with Crippen molar-refractivity contribution >= 4 is 69.5 Å². The Morgan fingerprint density at radius 2 is 2.19 bits per heavy atom. The summed E-state index contributed by atoms with van der Waals surface area (Å²) in [5, 5.41) is 25.4. The first-order valence-corrected chi connectivity index (χ1v) is 12.1. The summed E-state index contributed by atoms with van der Waals surface area (Å²) < 4.78 is 0. The molecule has 0 saturated carbocycles. The van der Waals surface area contributed by atoms with Crippen molar-refractivity contribution in [1.82, 2.24) is 15.2 Å². The second kappa shape index (κ2) is 10.2. The van der Waals surface area contributed by atoms with E-state index in [9.17, 15) is 24.3 Å². The zero-order valence-electron chi connectivity index (χ0n) is 16.6. The second-order valence-electron chi connectivity index (χ2n) is 6.46. The maximum atomic E-state index is 12.8. The van der Waals surface area contributed by atoms with Crippen LogP contribution in [0.5, 0.6) is 0 Å². The zero-order valence-corrected chi connectivity index (χ0v) is 19.1. The molecular weight excluding hydrogens is 482 g/mol. The van der Waals surface area contributed by atoms with Crippen molar-refractivity contribution in [3.8, 4) is 0 Å². The summed E-state index contributed by atoms with van der Waals surface area (Å²) in [4.78, 5) is 58.4. The highest BCUT2D eigenvalue weighted by molar-refractivity contribution is 8.06. The topological polar surface area (TPSA) is 185 Å². The number of hydrogen-bond donors (Lipinski definition) is 4. The van der Waals surface area contributed by atoms with Crippen LogP contribution in [0.2, 0.25) is 0 Å². The quantitative estimate of drug-likeness (QED) is 0.197. The molecule has 12 nitrogen and oxygen atoms in total. The fourth-order valence-corrected chi connectivity index (χ4v) is 5.94. The average Bonchev–Trinajstić information content (AvgIpc) is 3.17. The van der Waals surface area contributed by atoms with Crippen molar-refractivity contribution in [2.45, 2.75) is 24.8 Å². The number of nitrogens with zero attached hydrogens (tertiary/aromatic N) is 3. The van der Waals surface area contributed by atoms with E-state index in [2.05, 4.69) is 20.3 Å². The van der Waals surface area contributed by atoms with Gasteiger partial charge in [0.25, 0.3) is 11.8 Å². The van der Waals surface area contributed by atoms with Crippen LogP contribution in [0.25, 0.3) is 0 Å². The minimum atomic E-state index is -1.29. The minimum Gasteiger partial charge on any atom is -0.479 e. The average molecular weight is 502 g/mol. The van der Waals surface area contributed by atoms with E-state index in [-0.39, 0.29) is 22.2 Å². The molecule has 2 aliphatic heterocycles. The fourth-order valence-electron chi connectivity index (χ4n) is 2.89. The number of fused-ring (bicyclic) bond motifs is 1. The first-order valence-electron chi connectivity index (χ1n) is 9.22. The number of hydrogen-bond acceptors (Lipinski definition) is 11. The Balaban J connectivity index is 1.77. The number of nitrogens with two attached hydrogens (primary N) is 1. The van der Waals surface area contributed by atoms with E-state index < -0.39 is 41.8 Å². The lowest BCUT2D eigenvalue weighted by Crippen LogP contribution is -2.71. The molecule has 2 aliphatic rings. The third-order valence-electron chi connectivity index (χ3n) is 4.23. The van der Waals surface area contributed by atoms with Crippen molar-refractivity contribution in [1.29, 1.82) is 0 Å². The lowest BCUT2D eigenvalue weighted by Gasteiger charge is -2.49. The Kier molecular flexibility index (Phi) is 7.63. The first kappa shape index (κ1) is 23.9. The van der Waals surface area contributed by atoms with Crippen LogP contribution in [-0.4, -0.2) is 79.1 Å². The number of thioether (sulfide) groups is 2. The molecule has 1 saturated heterocycles. The number of carbonyl (C=O) groups excluding carboxylic acids is 2. The molecule has 1 aromatic rings. The van der Waals surface area contributed by atoms with Gasteiger partial charge in [0.2, 0.25) is 6.61 Å². The van der Waals surface area contributed by atoms with E-state index in [4.69, 9.17) is 10.8 Å². The normalized spacial score (nSPS) is 20.5. The van der Waals surface area contributed by atoms with Crippen LogP contribution in [0.3, 0.4) is 0 Å². The van der Waals surface area contributed by atoms with Crippen LogP contribution in [0.1, 0.15) is 19.0 Å². The molecule has 0 aromatic carbocycles. The summed E-state index contributed by atoms with van der Waals surface area (Å²) >= 11 is 3.78. The van der Waals surface area contributed by atoms with Crippen LogP contribution in [-0.2, 0) is 24.0 Å². The van der Waals surface area contributed by atoms with Crippen molar-refractivity contribution in [2.75, 3.05) is 23.8 Å². The smallest absolute Gasteiger partial charge is 0.353 e. The molecule has 3 rings (SSSR count). The number of β-lactam (4-membered cyclic amide) rings is 1. The van der Waals surface area contributed by atoms with E-state index in [0.29, 0.717) is 10.7 Å². The third-order valence-corrected chi connectivity index (χ3v) is 7.66. The lowest BCUT2D eigenvalue weighted by atomic mass is 10.0. The lowest BCUT2D eigenvalue weighted by molar-refractivity contribution is -0.150. The fraction of sp³-hybridized carbons (Fsp3) is 0.412. The summed E-state index contributed by atoms with van der Waals surface area (Å²) in [5.74, 6) is -2.75. The molecule has 32 heavy (non-hydrogen) atoms. The largest absolute Gasteiger partial charge is 0.479 e. The predicted octanol–water partition coefficient (Wildman–Crippen LogP) is 0.370. The molecule has 3 heterocycles. The number of amides is 2. The van der Waals surface area contributed by atoms with E-state index in [0.717, 1.165) is 23.5 Å². The number of nitrogens with one attached hydrogen (secondary N) is 1. The highest BCUT2D eigenvalue weighted by Crippen LogP contribution is 2.43. The molecular formula is C17H19N5O7S3. The van der Waals surface area contributed by atoms with E-state index in [1.807, 2.05) is 6.92 Å². The maximum absolute atomic E-state index is 12.8. The summed E-state index contributed by atoms with van der Waals surface area (Å²) in [6.07, 6.45) is 0.856. The van der Waals surface area contributed by atoms with Gasteiger partial charge in [-0.1, -0.05) is 12.1 Å². The number of aromatic nitrogens is 1. The number of oxime groups is 1. The third kappa shape index (κ3) is 4.99. The van der Waals surface area contributed by atoms with Gasteiger partial charge < -0.3 is 26.1 Å². The molecule has 0 aliphatic carbocycles. The highest BCUT2D eigenvalue weighted by atomic mass is 32.2. The number of carboxylic acids is 2. The molecule has 0 spiro atoms. The molecule has 15 heteroatoms. The summed E-state index contributed by atoms with van der Waals surface area (Å²) in [6, 6.07) is -0.986. The number of carboxylic acid groups (broad SMARTS) is 2. The minimum absolute atomic E-state index is 0.0553. The molecule has 172 valence electrons. The van der Waals surface area contributed by atoms with Gasteiger partial charge in [-0.25, -0.2) is 14.6 Å². The number of aliphatic carboxylic acids is 2.